The number of carbonyl (C=O) groups is 1. The van der Waals surface area contributed by atoms with Gasteiger partial charge in [-0.3, -0.25) is 4.79 Å². The lowest BCUT2D eigenvalue weighted by Crippen LogP contribution is -2.26. The molecule has 0 atom stereocenters. The fourth-order valence-corrected chi connectivity index (χ4v) is 2.52. The molecule has 1 aromatic heterocycles. The van der Waals surface area contributed by atoms with Gasteiger partial charge in [0.2, 0.25) is 5.82 Å². The molecule has 0 aliphatic rings. The van der Waals surface area contributed by atoms with Crippen molar-refractivity contribution < 1.29 is 4.79 Å². The third-order valence-corrected chi connectivity index (χ3v) is 3.83. The van der Waals surface area contributed by atoms with E-state index in [1.54, 1.807) is 11.0 Å². The van der Waals surface area contributed by atoms with Crippen LogP contribution in [0.4, 0.5) is 0 Å². The van der Waals surface area contributed by atoms with Crippen molar-refractivity contribution in [3.05, 3.63) is 77.9 Å². The lowest BCUT2D eigenvalue weighted by atomic mass is 10.1. The first-order chi connectivity index (χ1) is 11.7. The van der Waals surface area contributed by atoms with E-state index in [2.05, 4.69) is 27.5 Å². The molecule has 0 saturated carbocycles. The maximum Gasteiger partial charge on any atom is 0.290 e. The summed E-state index contributed by atoms with van der Waals surface area (Å²) in [6, 6.07) is 18.1. The van der Waals surface area contributed by atoms with Crippen LogP contribution in [0.15, 0.2) is 60.9 Å². The van der Waals surface area contributed by atoms with E-state index in [9.17, 15) is 4.79 Å². The Labute approximate surface area is 141 Å². The van der Waals surface area contributed by atoms with Gasteiger partial charge in [-0.15, -0.1) is 5.10 Å². The van der Waals surface area contributed by atoms with Crippen LogP contribution < -0.4 is 5.32 Å². The summed E-state index contributed by atoms with van der Waals surface area (Å²) >= 11 is 0. The number of hydrogen-bond acceptors (Lipinski definition) is 3. The van der Waals surface area contributed by atoms with Crippen LogP contribution in [0.25, 0.3) is 5.69 Å². The third-order valence-electron chi connectivity index (χ3n) is 3.83. The van der Waals surface area contributed by atoms with Crippen molar-refractivity contribution in [2.75, 3.05) is 6.54 Å². The van der Waals surface area contributed by atoms with Gasteiger partial charge in [-0.1, -0.05) is 48.5 Å². The van der Waals surface area contributed by atoms with E-state index in [-0.39, 0.29) is 11.7 Å². The molecule has 0 bridgehead atoms. The van der Waals surface area contributed by atoms with Crippen LogP contribution in [0.5, 0.6) is 0 Å². The highest BCUT2D eigenvalue weighted by Crippen LogP contribution is 2.11. The number of hydrogen-bond donors (Lipinski definition) is 1. The molecule has 122 valence electrons. The standard InChI is InChI=1S/C19H20N4O/c1-15-8-5-6-12-17(15)23-14-21-18(22-23)19(24)20-13-7-11-16-9-3-2-4-10-16/h2-6,8-10,12,14H,7,11,13H2,1H3,(H,20,24). The topological polar surface area (TPSA) is 59.8 Å². The summed E-state index contributed by atoms with van der Waals surface area (Å²) in [6.07, 6.45) is 3.39. The molecule has 0 fully saturated rings. The molecule has 0 aliphatic carbocycles. The number of aromatic nitrogens is 3. The van der Waals surface area contributed by atoms with Crippen LogP contribution in [0.1, 0.15) is 28.2 Å². The van der Waals surface area contributed by atoms with Crippen molar-refractivity contribution in [1.82, 2.24) is 20.1 Å². The maximum atomic E-state index is 12.1. The Bertz CT molecular complexity index is 811. The molecule has 2 aromatic carbocycles. The molecule has 0 radical (unpaired) electrons. The molecule has 3 aromatic rings. The normalized spacial score (nSPS) is 10.5. The summed E-state index contributed by atoms with van der Waals surface area (Å²) in [5.41, 5.74) is 3.28. The van der Waals surface area contributed by atoms with Gasteiger partial charge in [0.05, 0.1) is 5.69 Å². The van der Waals surface area contributed by atoms with Crippen LogP contribution in [0, 0.1) is 6.92 Å². The maximum absolute atomic E-state index is 12.1. The Morgan fingerprint density at radius 1 is 1.08 bits per heavy atom. The molecule has 1 heterocycles. The fourth-order valence-electron chi connectivity index (χ4n) is 2.52. The number of benzene rings is 2. The minimum absolute atomic E-state index is 0.193. The Balaban J connectivity index is 1.54. The Morgan fingerprint density at radius 3 is 2.62 bits per heavy atom. The predicted molar refractivity (Wildman–Crippen MR) is 93.2 cm³/mol. The van der Waals surface area contributed by atoms with E-state index in [4.69, 9.17) is 0 Å². The largest absolute Gasteiger partial charge is 0.349 e. The predicted octanol–water partition coefficient (Wildman–Crippen LogP) is 2.94. The molecule has 1 amide bonds. The van der Waals surface area contributed by atoms with Crippen molar-refractivity contribution in [1.29, 1.82) is 0 Å². The molecule has 1 N–H and O–H groups in total. The lowest BCUT2D eigenvalue weighted by Gasteiger charge is -2.04. The van der Waals surface area contributed by atoms with Gasteiger partial charge in [0.15, 0.2) is 0 Å². The van der Waals surface area contributed by atoms with Crippen molar-refractivity contribution >= 4 is 5.91 Å². The highest BCUT2D eigenvalue weighted by atomic mass is 16.2. The number of nitrogens with one attached hydrogen (secondary N) is 1. The van der Waals surface area contributed by atoms with Gasteiger partial charge >= 0.3 is 0 Å². The summed E-state index contributed by atoms with van der Waals surface area (Å²) in [4.78, 5) is 16.2. The Hall–Kier alpha value is -2.95. The molecule has 0 unspecified atom stereocenters. The quantitative estimate of drug-likeness (QED) is 0.710. The average Bonchev–Trinajstić information content (AvgIpc) is 3.10. The van der Waals surface area contributed by atoms with Crippen LogP contribution >= 0.6 is 0 Å². The molecule has 0 aliphatic heterocycles. The zero-order chi connectivity index (χ0) is 16.8. The van der Waals surface area contributed by atoms with Crippen molar-refractivity contribution in [3.8, 4) is 5.69 Å². The number of aryl methyl sites for hydroxylation is 2. The third kappa shape index (κ3) is 3.87. The molecular weight excluding hydrogens is 300 g/mol. The van der Waals surface area contributed by atoms with Crippen LogP contribution in [-0.2, 0) is 6.42 Å². The minimum Gasteiger partial charge on any atom is -0.349 e. The van der Waals surface area contributed by atoms with Gasteiger partial charge < -0.3 is 5.32 Å². The Morgan fingerprint density at radius 2 is 1.83 bits per heavy atom. The van der Waals surface area contributed by atoms with Gasteiger partial charge in [0, 0.05) is 6.54 Å². The minimum atomic E-state index is -0.240. The fraction of sp³-hybridized carbons (Fsp3) is 0.211. The second-order valence-electron chi connectivity index (χ2n) is 5.64. The number of rotatable bonds is 6. The second-order valence-corrected chi connectivity index (χ2v) is 5.64. The monoisotopic (exact) mass is 320 g/mol. The second kappa shape index (κ2) is 7.55. The van der Waals surface area contributed by atoms with Crippen molar-refractivity contribution in [2.45, 2.75) is 19.8 Å². The average molecular weight is 320 g/mol. The van der Waals surface area contributed by atoms with Crippen molar-refractivity contribution in [2.24, 2.45) is 0 Å². The summed E-state index contributed by atoms with van der Waals surface area (Å²) in [7, 11) is 0. The molecule has 5 heteroatoms. The number of amides is 1. The first-order valence-electron chi connectivity index (χ1n) is 8.04. The Kier molecular flexibility index (Phi) is 5.01. The molecule has 0 spiro atoms. The lowest BCUT2D eigenvalue weighted by molar-refractivity contribution is 0.0943. The first kappa shape index (κ1) is 15.9. The van der Waals surface area contributed by atoms with Gasteiger partial charge in [-0.05, 0) is 37.0 Å². The molecule has 3 rings (SSSR count). The van der Waals surface area contributed by atoms with Crippen LogP contribution in [0.2, 0.25) is 0 Å². The van der Waals surface area contributed by atoms with E-state index in [0.29, 0.717) is 6.54 Å². The molecule has 24 heavy (non-hydrogen) atoms. The first-order valence-corrected chi connectivity index (χ1v) is 8.04. The van der Waals surface area contributed by atoms with E-state index in [0.717, 1.165) is 24.1 Å². The molecule has 5 nitrogen and oxygen atoms in total. The van der Waals surface area contributed by atoms with E-state index < -0.39 is 0 Å². The summed E-state index contributed by atoms with van der Waals surface area (Å²) in [5, 5.41) is 7.14. The number of nitrogens with zero attached hydrogens (tertiary/aromatic N) is 3. The van der Waals surface area contributed by atoms with Gasteiger partial charge in [-0.2, -0.15) is 0 Å². The highest BCUT2D eigenvalue weighted by molar-refractivity contribution is 5.90. The summed E-state index contributed by atoms with van der Waals surface area (Å²) in [6.45, 7) is 2.60. The molecule has 0 saturated heterocycles. The SMILES string of the molecule is Cc1ccccc1-n1cnc(C(=O)NCCCc2ccccc2)n1. The number of para-hydroxylation sites is 1. The van der Waals surface area contributed by atoms with Crippen LogP contribution in [0.3, 0.4) is 0 Å². The van der Waals surface area contributed by atoms with Gasteiger partial charge in [0.1, 0.15) is 6.33 Å². The summed E-state index contributed by atoms with van der Waals surface area (Å²) < 4.78 is 1.63. The van der Waals surface area contributed by atoms with Gasteiger partial charge in [-0.25, -0.2) is 9.67 Å². The highest BCUT2D eigenvalue weighted by Gasteiger charge is 2.12. The molecular formula is C19H20N4O. The van der Waals surface area contributed by atoms with Crippen LogP contribution in [-0.4, -0.2) is 27.2 Å². The van der Waals surface area contributed by atoms with E-state index >= 15 is 0 Å². The number of carbonyl (C=O) groups excluding carboxylic acids is 1. The van der Waals surface area contributed by atoms with Gasteiger partial charge in [0.25, 0.3) is 5.91 Å². The zero-order valence-electron chi connectivity index (χ0n) is 13.6. The smallest absolute Gasteiger partial charge is 0.290 e. The van der Waals surface area contributed by atoms with E-state index in [1.807, 2.05) is 49.4 Å². The van der Waals surface area contributed by atoms with Crippen molar-refractivity contribution in [3.63, 3.8) is 0 Å². The summed E-state index contributed by atoms with van der Waals surface area (Å²) in [5.74, 6) is -0.0478. The van der Waals surface area contributed by atoms with E-state index in [1.165, 1.54) is 5.56 Å². The zero-order valence-corrected chi connectivity index (χ0v) is 13.6.